The molecule has 0 bridgehead atoms. The summed E-state index contributed by atoms with van der Waals surface area (Å²) in [6, 6.07) is 4.88. The standard InChI is InChI=1S/C7H4ClIO2/c8-6-1-2-7(11-9)5(3-6)4-10/h1-4H. The molecule has 0 amide bonds. The topological polar surface area (TPSA) is 26.3 Å². The highest BCUT2D eigenvalue weighted by Crippen LogP contribution is 2.22. The second-order valence-corrected chi connectivity index (χ2v) is 2.75. The Morgan fingerprint density at radius 2 is 2.27 bits per heavy atom. The molecule has 0 fully saturated rings. The van der Waals surface area contributed by atoms with Gasteiger partial charge < -0.3 is 3.07 Å². The largest absolute Gasteiger partial charge is 0.427 e. The Balaban J connectivity index is 3.16. The van der Waals surface area contributed by atoms with E-state index in [1.807, 2.05) is 0 Å². The van der Waals surface area contributed by atoms with E-state index in [4.69, 9.17) is 14.7 Å². The van der Waals surface area contributed by atoms with E-state index >= 15 is 0 Å². The van der Waals surface area contributed by atoms with Gasteiger partial charge in [-0.2, -0.15) is 0 Å². The van der Waals surface area contributed by atoms with Crippen LogP contribution in [-0.4, -0.2) is 6.29 Å². The fourth-order valence-corrected chi connectivity index (χ4v) is 1.26. The first-order chi connectivity index (χ1) is 5.27. The molecular formula is C7H4ClIO2. The number of hydrogen-bond acceptors (Lipinski definition) is 2. The summed E-state index contributed by atoms with van der Waals surface area (Å²) in [4.78, 5) is 10.4. The van der Waals surface area contributed by atoms with Crippen molar-refractivity contribution >= 4 is 40.9 Å². The highest BCUT2D eigenvalue weighted by molar-refractivity contribution is 14.1. The van der Waals surface area contributed by atoms with Crippen molar-refractivity contribution in [2.24, 2.45) is 0 Å². The zero-order chi connectivity index (χ0) is 8.27. The van der Waals surface area contributed by atoms with Crippen molar-refractivity contribution < 1.29 is 7.86 Å². The van der Waals surface area contributed by atoms with Crippen LogP contribution in [0.25, 0.3) is 0 Å². The third-order valence-electron chi connectivity index (χ3n) is 1.18. The molecule has 2 nitrogen and oxygen atoms in total. The second kappa shape index (κ2) is 3.92. The average molecular weight is 282 g/mol. The van der Waals surface area contributed by atoms with Gasteiger partial charge in [0.05, 0.1) is 5.56 Å². The molecule has 1 aromatic carbocycles. The molecule has 0 saturated heterocycles. The van der Waals surface area contributed by atoms with Crippen molar-refractivity contribution in [2.45, 2.75) is 0 Å². The molecule has 0 spiro atoms. The summed E-state index contributed by atoms with van der Waals surface area (Å²) in [5.41, 5.74) is 0.465. The van der Waals surface area contributed by atoms with Crippen molar-refractivity contribution in [1.29, 1.82) is 0 Å². The lowest BCUT2D eigenvalue weighted by Gasteiger charge is -1.99. The van der Waals surface area contributed by atoms with Gasteiger partial charge in [-0.05, 0) is 18.2 Å². The highest BCUT2D eigenvalue weighted by Gasteiger charge is 2.01. The first kappa shape index (κ1) is 8.80. The summed E-state index contributed by atoms with van der Waals surface area (Å²) >= 11 is 7.35. The van der Waals surface area contributed by atoms with Crippen molar-refractivity contribution in [3.8, 4) is 5.75 Å². The minimum Gasteiger partial charge on any atom is -0.427 e. The molecule has 0 aromatic heterocycles. The number of carbonyl (C=O) groups is 1. The highest BCUT2D eigenvalue weighted by atomic mass is 127. The fraction of sp³-hybridized carbons (Fsp3) is 0. The molecule has 1 rings (SSSR count). The van der Waals surface area contributed by atoms with E-state index in [2.05, 4.69) is 0 Å². The van der Waals surface area contributed by atoms with E-state index in [1.54, 1.807) is 41.2 Å². The second-order valence-electron chi connectivity index (χ2n) is 1.88. The van der Waals surface area contributed by atoms with Crippen LogP contribution in [0, 0.1) is 0 Å². The van der Waals surface area contributed by atoms with Crippen molar-refractivity contribution in [3.05, 3.63) is 28.8 Å². The Hall–Kier alpha value is -0.290. The Bertz CT molecular complexity index is 275. The van der Waals surface area contributed by atoms with Gasteiger partial charge in [0.15, 0.2) is 29.3 Å². The summed E-state index contributed by atoms with van der Waals surface area (Å²) in [5, 5.41) is 0.532. The van der Waals surface area contributed by atoms with E-state index in [1.165, 1.54) is 0 Å². The van der Waals surface area contributed by atoms with Gasteiger partial charge in [0, 0.05) is 5.02 Å². The van der Waals surface area contributed by atoms with Gasteiger partial charge in [0.2, 0.25) is 0 Å². The third kappa shape index (κ3) is 2.07. The molecule has 0 unspecified atom stereocenters. The SMILES string of the molecule is O=Cc1cc(Cl)ccc1OI. The van der Waals surface area contributed by atoms with E-state index in [0.717, 1.165) is 0 Å². The Morgan fingerprint density at radius 1 is 1.55 bits per heavy atom. The monoisotopic (exact) mass is 282 g/mol. The van der Waals surface area contributed by atoms with E-state index in [-0.39, 0.29) is 0 Å². The average Bonchev–Trinajstić information content (AvgIpc) is 2.04. The van der Waals surface area contributed by atoms with Gasteiger partial charge in [0.1, 0.15) is 5.75 Å². The van der Waals surface area contributed by atoms with Crippen LogP contribution in [0.1, 0.15) is 10.4 Å². The summed E-state index contributed by atoms with van der Waals surface area (Å²) in [6.45, 7) is 0. The Morgan fingerprint density at radius 3 is 2.82 bits per heavy atom. The molecule has 0 radical (unpaired) electrons. The Kier molecular flexibility index (Phi) is 3.14. The summed E-state index contributed by atoms with van der Waals surface area (Å²) < 4.78 is 4.87. The van der Waals surface area contributed by atoms with Gasteiger partial charge in [-0.3, -0.25) is 4.79 Å². The molecule has 0 aliphatic rings. The predicted molar refractivity (Wildman–Crippen MR) is 51.5 cm³/mol. The van der Waals surface area contributed by atoms with Gasteiger partial charge in [-0.25, -0.2) is 0 Å². The first-order valence-electron chi connectivity index (χ1n) is 2.81. The lowest BCUT2D eigenvalue weighted by atomic mass is 10.2. The maximum absolute atomic E-state index is 10.4. The third-order valence-corrected chi connectivity index (χ3v) is 1.89. The molecular weight excluding hydrogens is 278 g/mol. The summed E-state index contributed by atoms with van der Waals surface area (Å²) in [6.07, 6.45) is 0.708. The van der Waals surface area contributed by atoms with Crippen LogP contribution in [0.15, 0.2) is 18.2 Å². The molecule has 0 saturated carbocycles. The van der Waals surface area contributed by atoms with Crippen molar-refractivity contribution in [3.63, 3.8) is 0 Å². The van der Waals surface area contributed by atoms with E-state index in [9.17, 15) is 4.79 Å². The quantitative estimate of drug-likeness (QED) is 0.616. The van der Waals surface area contributed by atoms with Crippen LogP contribution in [0.5, 0.6) is 5.75 Å². The number of benzene rings is 1. The fourth-order valence-electron chi connectivity index (χ4n) is 0.682. The molecule has 58 valence electrons. The van der Waals surface area contributed by atoms with Crippen LogP contribution >= 0.6 is 34.6 Å². The molecule has 4 heteroatoms. The zero-order valence-electron chi connectivity index (χ0n) is 5.38. The minimum atomic E-state index is 0.465. The van der Waals surface area contributed by atoms with Gasteiger partial charge in [0.25, 0.3) is 0 Å². The lowest BCUT2D eigenvalue weighted by molar-refractivity contribution is 0.112. The van der Waals surface area contributed by atoms with Crippen LogP contribution in [0.3, 0.4) is 0 Å². The molecule has 0 heterocycles. The predicted octanol–water partition coefficient (Wildman–Crippen LogP) is 2.88. The molecule has 0 aliphatic heterocycles. The van der Waals surface area contributed by atoms with Crippen molar-refractivity contribution in [1.82, 2.24) is 0 Å². The number of hydrogen-bond donors (Lipinski definition) is 0. The first-order valence-corrected chi connectivity index (χ1v) is 4.07. The summed E-state index contributed by atoms with van der Waals surface area (Å²) in [5.74, 6) is 0.532. The molecule has 11 heavy (non-hydrogen) atoms. The number of rotatable bonds is 2. The van der Waals surface area contributed by atoms with Crippen LogP contribution in [0.4, 0.5) is 0 Å². The molecule has 1 aromatic rings. The maximum atomic E-state index is 10.4. The minimum absolute atomic E-state index is 0.465. The summed E-state index contributed by atoms with van der Waals surface area (Å²) in [7, 11) is 0. The van der Waals surface area contributed by atoms with Crippen molar-refractivity contribution in [2.75, 3.05) is 0 Å². The number of aldehydes is 1. The number of halogens is 2. The maximum Gasteiger partial charge on any atom is 0.192 e. The van der Waals surface area contributed by atoms with Gasteiger partial charge in [-0.1, -0.05) is 11.6 Å². The van der Waals surface area contributed by atoms with Crippen LogP contribution < -0.4 is 3.07 Å². The van der Waals surface area contributed by atoms with E-state index < -0.39 is 0 Å². The smallest absolute Gasteiger partial charge is 0.192 e. The lowest BCUT2D eigenvalue weighted by Crippen LogP contribution is -1.84. The Labute approximate surface area is 83.2 Å². The molecule has 0 aliphatic carbocycles. The van der Waals surface area contributed by atoms with Gasteiger partial charge in [-0.15, -0.1) is 0 Å². The van der Waals surface area contributed by atoms with Gasteiger partial charge >= 0.3 is 0 Å². The number of carbonyl (C=O) groups excluding carboxylic acids is 1. The normalized spacial score (nSPS) is 9.27. The van der Waals surface area contributed by atoms with Crippen LogP contribution in [-0.2, 0) is 0 Å². The van der Waals surface area contributed by atoms with E-state index in [0.29, 0.717) is 22.6 Å². The molecule has 0 atom stereocenters. The zero-order valence-corrected chi connectivity index (χ0v) is 8.30. The van der Waals surface area contributed by atoms with Crippen LogP contribution in [0.2, 0.25) is 5.02 Å². The molecule has 0 N–H and O–H groups in total.